The first-order valence-electron chi connectivity index (χ1n) is 14.0. The normalized spacial score (nSPS) is 13.5. The molecule has 0 atom stereocenters. The summed E-state index contributed by atoms with van der Waals surface area (Å²) in [5, 5.41) is 24.5. The average Bonchev–Trinajstić information content (AvgIpc) is 3.04. The number of piperazine rings is 1. The molecule has 1 fully saturated rings. The summed E-state index contributed by atoms with van der Waals surface area (Å²) >= 11 is 6.44. The summed E-state index contributed by atoms with van der Waals surface area (Å²) in [5.74, 6) is 0.557. The van der Waals surface area contributed by atoms with Crippen LogP contribution < -0.4 is 20.2 Å². The highest BCUT2D eigenvalue weighted by Crippen LogP contribution is 2.30. The van der Waals surface area contributed by atoms with Crippen LogP contribution in [0.5, 0.6) is 0 Å². The average molecular weight is 680 g/mol. The fourth-order valence-electron chi connectivity index (χ4n) is 4.77. The predicted molar refractivity (Wildman–Crippen MR) is 181 cm³/mol. The number of nitrogens with zero attached hydrogens (tertiary/aromatic N) is 3. The number of halogens is 1. The molecule has 8 nitrogen and oxygen atoms in total. The second-order valence-corrected chi connectivity index (χ2v) is 12.9. The molecule has 1 aliphatic rings. The Hall–Kier alpha value is -3.19. The first-order valence-corrected chi connectivity index (χ1v) is 16.6. The number of nitrogens with one attached hydrogen (secondary N) is 2. The van der Waals surface area contributed by atoms with Crippen molar-refractivity contribution in [1.82, 2.24) is 9.62 Å². The maximum absolute atomic E-state index is 12.8. The minimum atomic E-state index is -0.237. The minimum absolute atomic E-state index is 0.0878. The van der Waals surface area contributed by atoms with Crippen molar-refractivity contribution in [3.8, 4) is 0 Å². The van der Waals surface area contributed by atoms with Crippen LogP contribution in [0.3, 0.4) is 0 Å². The Labute approximate surface area is 269 Å². The Morgan fingerprint density at radius 3 is 2.35 bits per heavy atom. The predicted octanol–water partition coefficient (Wildman–Crippen LogP) is 7.11. The van der Waals surface area contributed by atoms with Crippen LogP contribution in [0.25, 0.3) is 0 Å². The van der Waals surface area contributed by atoms with E-state index in [4.69, 9.17) is 0 Å². The molecule has 0 spiro atoms. The number of carbonyl (C=O) groups excluding carboxylic acids is 1. The van der Waals surface area contributed by atoms with Gasteiger partial charge in [-0.25, -0.2) is 0 Å². The Morgan fingerprint density at radius 2 is 1.63 bits per heavy atom. The third-order valence-corrected chi connectivity index (χ3v) is 9.65. The van der Waals surface area contributed by atoms with Crippen LogP contribution in [-0.2, 0) is 6.54 Å². The molecule has 4 aromatic carbocycles. The Morgan fingerprint density at radius 1 is 0.907 bits per heavy atom. The van der Waals surface area contributed by atoms with Crippen molar-refractivity contribution >= 4 is 62.6 Å². The van der Waals surface area contributed by atoms with Crippen LogP contribution in [0.1, 0.15) is 15.9 Å². The van der Waals surface area contributed by atoms with Crippen LogP contribution in [0.15, 0.2) is 111 Å². The summed E-state index contributed by atoms with van der Waals surface area (Å²) in [5.41, 5.74) is 3.54. The van der Waals surface area contributed by atoms with E-state index in [1.807, 2.05) is 60.7 Å². The first kappa shape index (κ1) is 31.2. The number of hydrogen-bond acceptors (Lipinski definition) is 9. The lowest BCUT2D eigenvalue weighted by Gasteiger charge is -2.36. The van der Waals surface area contributed by atoms with E-state index in [1.54, 1.807) is 30.0 Å². The van der Waals surface area contributed by atoms with Gasteiger partial charge in [-0.3, -0.25) is 19.6 Å². The molecule has 0 saturated carbocycles. The Kier molecular flexibility index (Phi) is 11.3. The fraction of sp³-hybridized carbons (Fsp3) is 0.219. The number of anilines is 3. The number of amides is 1. The number of benzene rings is 4. The highest BCUT2D eigenvalue weighted by molar-refractivity contribution is 9.10. The van der Waals surface area contributed by atoms with Crippen molar-refractivity contribution in [2.45, 2.75) is 16.3 Å². The van der Waals surface area contributed by atoms with E-state index >= 15 is 0 Å². The molecule has 0 radical (unpaired) electrons. The largest absolute Gasteiger partial charge is 0.733 e. The zero-order valence-corrected chi connectivity index (χ0v) is 26.7. The zero-order chi connectivity index (χ0) is 30.0. The maximum Gasteiger partial charge on any atom is 0.261 e. The summed E-state index contributed by atoms with van der Waals surface area (Å²) in [6.45, 7) is 5.32. The van der Waals surface area contributed by atoms with Crippen LogP contribution in [-0.4, -0.2) is 54.5 Å². The van der Waals surface area contributed by atoms with Crippen LogP contribution >= 0.6 is 39.6 Å². The maximum atomic E-state index is 12.8. The van der Waals surface area contributed by atoms with Crippen LogP contribution in [0.4, 0.5) is 17.1 Å². The van der Waals surface area contributed by atoms with Gasteiger partial charge in [-0.15, -0.1) is 11.8 Å². The number of hydrogen-bond donors (Lipinski definition) is 3. The lowest BCUT2D eigenvalue weighted by atomic mass is 10.1. The molecule has 0 aliphatic carbocycles. The molecule has 1 aliphatic heterocycles. The molecular weight excluding hydrogens is 646 g/mol. The van der Waals surface area contributed by atoms with Crippen molar-refractivity contribution in [3.63, 3.8) is 0 Å². The second-order valence-electron chi connectivity index (χ2n) is 9.97. The summed E-state index contributed by atoms with van der Waals surface area (Å²) in [7, 11) is 0. The van der Waals surface area contributed by atoms with Crippen molar-refractivity contribution in [2.24, 2.45) is 0 Å². The molecule has 4 aromatic rings. The van der Waals surface area contributed by atoms with Gasteiger partial charge in [-0.1, -0.05) is 52.3 Å². The summed E-state index contributed by atoms with van der Waals surface area (Å²) in [6, 6.07) is 31.1. The van der Waals surface area contributed by atoms with Crippen molar-refractivity contribution < 1.29 is 10.0 Å². The molecule has 0 unspecified atom stereocenters. The molecule has 5 rings (SSSR count). The van der Waals surface area contributed by atoms with Gasteiger partial charge in [0.15, 0.2) is 0 Å². The number of carbonyl (C=O) groups is 1. The van der Waals surface area contributed by atoms with E-state index in [0.717, 1.165) is 60.6 Å². The minimum Gasteiger partial charge on any atom is -0.733 e. The van der Waals surface area contributed by atoms with Gasteiger partial charge in [-0.2, -0.15) is 0 Å². The van der Waals surface area contributed by atoms with Crippen molar-refractivity contribution in [3.05, 3.63) is 118 Å². The third-order valence-electron chi connectivity index (χ3n) is 7.09. The van der Waals surface area contributed by atoms with Gasteiger partial charge in [-0.05, 0) is 78.2 Å². The molecule has 1 saturated heterocycles. The fourth-order valence-corrected chi connectivity index (χ4v) is 6.61. The van der Waals surface area contributed by atoms with Gasteiger partial charge < -0.3 is 20.7 Å². The van der Waals surface area contributed by atoms with Crippen LogP contribution in [0, 0.1) is 5.21 Å². The molecule has 0 aromatic heterocycles. The van der Waals surface area contributed by atoms with E-state index in [9.17, 15) is 15.2 Å². The van der Waals surface area contributed by atoms with E-state index < -0.39 is 0 Å². The summed E-state index contributed by atoms with van der Waals surface area (Å²) < 4.78 is 3.97. The molecule has 1 amide bonds. The Balaban J connectivity index is 1.09. The highest BCUT2D eigenvalue weighted by Gasteiger charge is 2.18. The molecule has 11 heteroatoms. The van der Waals surface area contributed by atoms with Crippen LogP contribution in [0.2, 0.25) is 0 Å². The van der Waals surface area contributed by atoms with Gasteiger partial charge in [0, 0.05) is 70.5 Å². The number of rotatable bonds is 12. The molecular formula is C32H33BrN5O3S2-. The van der Waals surface area contributed by atoms with E-state index in [-0.39, 0.29) is 16.8 Å². The van der Waals surface area contributed by atoms with Gasteiger partial charge in [0.2, 0.25) is 0 Å². The molecule has 43 heavy (non-hydrogen) atoms. The van der Waals surface area contributed by atoms with Crippen molar-refractivity contribution in [1.29, 1.82) is 0 Å². The number of thioether (sulfide) groups is 1. The lowest BCUT2D eigenvalue weighted by molar-refractivity contribution is 0.0984. The van der Waals surface area contributed by atoms with Crippen molar-refractivity contribution in [2.75, 3.05) is 53.9 Å². The zero-order valence-electron chi connectivity index (χ0n) is 23.5. The summed E-state index contributed by atoms with van der Waals surface area (Å²) in [4.78, 5) is 19.4. The topological polar surface area (TPSA) is 94.1 Å². The Bertz CT molecular complexity index is 1490. The first-order chi connectivity index (χ1) is 21.0. The monoisotopic (exact) mass is 678 g/mol. The van der Waals surface area contributed by atoms with Gasteiger partial charge in [0.1, 0.15) is 0 Å². The smallest absolute Gasteiger partial charge is 0.261 e. The molecule has 0 bridgehead atoms. The SMILES string of the molecule is O=C(NSc1ccc(NCCSc2ccccc2)c(N([O-])O)c1)c1ccc(N2CCN(Cc3ccccc3Br)CC2)cc1. The highest BCUT2D eigenvalue weighted by atomic mass is 79.9. The lowest BCUT2D eigenvalue weighted by Crippen LogP contribution is -2.46. The quantitative estimate of drug-likeness (QED) is 0.0627. The summed E-state index contributed by atoms with van der Waals surface area (Å²) in [6.07, 6.45) is 0. The molecule has 3 N–H and O–H groups in total. The van der Waals surface area contributed by atoms with E-state index in [2.05, 4.69) is 54.0 Å². The molecule has 224 valence electrons. The van der Waals surface area contributed by atoms with Gasteiger partial charge in [0.25, 0.3) is 5.91 Å². The van der Waals surface area contributed by atoms with E-state index in [0.29, 0.717) is 22.7 Å². The van der Waals surface area contributed by atoms with Gasteiger partial charge in [0.05, 0.1) is 11.4 Å². The van der Waals surface area contributed by atoms with Gasteiger partial charge >= 0.3 is 0 Å². The van der Waals surface area contributed by atoms with E-state index in [1.165, 1.54) is 10.5 Å². The third kappa shape index (κ3) is 8.91. The second kappa shape index (κ2) is 15.5. The molecule has 1 heterocycles. The standard InChI is InChI=1S/C32H33BrN5O3S2/c33-29-9-5-4-6-25(29)23-36-17-19-37(20-18-36)26-12-10-24(11-13-26)32(39)35-43-28-14-15-30(31(22-28)38(40)41)34-16-21-42-27-7-2-1-3-8-27/h1-15,22,34,40H,16-21,23H2,(H,35,39)/q-1.